The number of imidazole rings is 1. The third-order valence-electron chi connectivity index (χ3n) is 4.13. The summed E-state index contributed by atoms with van der Waals surface area (Å²) in [5.41, 5.74) is 3.35. The number of nitrogens with zero attached hydrogens (tertiary/aromatic N) is 2. The van der Waals surface area contributed by atoms with Gasteiger partial charge in [0.1, 0.15) is 11.9 Å². The number of rotatable bonds is 3. The van der Waals surface area contributed by atoms with E-state index in [1.807, 2.05) is 24.3 Å². The highest BCUT2D eigenvalue weighted by molar-refractivity contribution is 6.30. The molecule has 4 heteroatoms. The molecule has 1 aliphatic rings. The van der Waals surface area contributed by atoms with Crippen LogP contribution in [0.4, 0.5) is 0 Å². The molecule has 0 N–H and O–H groups in total. The fraction of sp³-hybridized carbons (Fsp3) is 0.278. The number of aromatic nitrogens is 2. The van der Waals surface area contributed by atoms with Gasteiger partial charge in [-0.1, -0.05) is 35.9 Å². The highest BCUT2D eigenvalue weighted by Crippen LogP contribution is 2.31. The topological polar surface area (TPSA) is 27.1 Å². The van der Waals surface area contributed by atoms with E-state index in [2.05, 4.69) is 28.8 Å². The van der Waals surface area contributed by atoms with Crippen LogP contribution in [0.3, 0.4) is 0 Å². The summed E-state index contributed by atoms with van der Waals surface area (Å²) in [7, 11) is 0. The van der Waals surface area contributed by atoms with Crippen LogP contribution in [0.5, 0.6) is 0 Å². The first-order valence-corrected chi connectivity index (χ1v) is 8.00. The summed E-state index contributed by atoms with van der Waals surface area (Å²) in [4.78, 5) is 4.82. The van der Waals surface area contributed by atoms with Gasteiger partial charge in [0.2, 0.25) is 0 Å². The first-order chi connectivity index (χ1) is 10.8. The molecule has 1 atom stereocenters. The van der Waals surface area contributed by atoms with Crippen molar-refractivity contribution < 1.29 is 4.74 Å². The van der Waals surface area contributed by atoms with Crippen LogP contribution in [-0.4, -0.2) is 16.2 Å². The van der Waals surface area contributed by atoms with Crippen LogP contribution >= 0.6 is 11.6 Å². The number of benzene rings is 2. The smallest absolute Gasteiger partial charge is 0.139 e. The average molecular weight is 313 g/mol. The van der Waals surface area contributed by atoms with Crippen molar-refractivity contribution in [3.8, 4) is 0 Å². The van der Waals surface area contributed by atoms with Gasteiger partial charge in [-0.2, -0.15) is 0 Å². The van der Waals surface area contributed by atoms with Gasteiger partial charge in [0.15, 0.2) is 0 Å². The highest BCUT2D eigenvalue weighted by atomic mass is 35.5. The molecule has 3 nitrogen and oxygen atoms in total. The maximum absolute atomic E-state index is 6.12. The number of hydrogen-bond acceptors (Lipinski definition) is 2. The molecular weight excluding hydrogens is 296 g/mol. The molecule has 0 aliphatic carbocycles. The molecule has 0 saturated carbocycles. The number of fused-ring (bicyclic) bond motifs is 1. The first kappa shape index (κ1) is 13.8. The van der Waals surface area contributed by atoms with Gasteiger partial charge in [-0.3, -0.25) is 0 Å². The van der Waals surface area contributed by atoms with E-state index in [-0.39, 0.29) is 6.10 Å². The molecule has 112 valence electrons. The maximum Gasteiger partial charge on any atom is 0.139 e. The predicted octanol–water partition coefficient (Wildman–Crippen LogP) is 4.59. The van der Waals surface area contributed by atoms with Gasteiger partial charge in [0.05, 0.1) is 11.0 Å². The molecule has 0 radical (unpaired) electrons. The van der Waals surface area contributed by atoms with Gasteiger partial charge < -0.3 is 9.30 Å². The molecule has 0 spiro atoms. The standard InChI is InChI=1S/C18H17ClN2O/c19-14-6-3-5-13(11-14)12-21-16-8-2-1-7-15(16)20-18(21)17-9-4-10-22-17/h1-3,5-8,11,17H,4,9-10,12H2. The third-order valence-corrected chi connectivity index (χ3v) is 4.37. The molecule has 1 unspecified atom stereocenters. The van der Waals surface area contributed by atoms with E-state index >= 15 is 0 Å². The van der Waals surface area contributed by atoms with Crippen LogP contribution in [-0.2, 0) is 11.3 Å². The van der Waals surface area contributed by atoms with Crippen molar-refractivity contribution in [2.45, 2.75) is 25.5 Å². The van der Waals surface area contributed by atoms with Crippen molar-refractivity contribution in [3.63, 3.8) is 0 Å². The van der Waals surface area contributed by atoms with Gasteiger partial charge in [0.25, 0.3) is 0 Å². The molecule has 1 saturated heterocycles. The molecule has 1 aromatic heterocycles. The van der Waals surface area contributed by atoms with Crippen LogP contribution < -0.4 is 0 Å². The molecule has 1 aliphatic heterocycles. The van der Waals surface area contributed by atoms with Gasteiger partial charge in [-0.15, -0.1) is 0 Å². The molecule has 2 aromatic carbocycles. The zero-order chi connectivity index (χ0) is 14.9. The van der Waals surface area contributed by atoms with E-state index in [4.69, 9.17) is 21.3 Å². The summed E-state index contributed by atoms with van der Waals surface area (Å²) < 4.78 is 8.12. The van der Waals surface area contributed by atoms with E-state index in [0.29, 0.717) is 0 Å². The van der Waals surface area contributed by atoms with Crippen LogP contribution in [0.2, 0.25) is 5.02 Å². The lowest BCUT2D eigenvalue weighted by atomic mass is 10.2. The van der Waals surface area contributed by atoms with Gasteiger partial charge in [-0.05, 0) is 42.7 Å². The molecular formula is C18H17ClN2O. The Bertz CT molecular complexity index is 806. The van der Waals surface area contributed by atoms with Gasteiger partial charge in [0, 0.05) is 18.2 Å². The van der Waals surface area contributed by atoms with Gasteiger partial charge in [-0.25, -0.2) is 4.98 Å². The first-order valence-electron chi connectivity index (χ1n) is 7.62. The molecule has 1 fully saturated rings. The lowest BCUT2D eigenvalue weighted by Gasteiger charge is -2.14. The van der Waals surface area contributed by atoms with Crippen molar-refractivity contribution in [3.05, 3.63) is 64.9 Å². The maximum atomic E-state index is 6.12. The van der Waals surface area contributed by atoms with E-state index in [1.54, 1.807) is 0 Å². The summed E-state index contributed by atoms with van der Waals surface area (Å²) in [5.74, 6) is 1.03. The van der Waals surface area contributed by atoms with Crippen LogP contribution in [0.15, 0.2) is 48.5 Å². The predicted molar refractivity (Wildman–Crippen MR) is 88.2 cm³/mol. The average Bonchev–Trinajstić information content (AvgIpc) is 3.15. The number of para-hydroxylation sites is 2. The highest BCUT2D eigenvalue weighted by Gasteiger charge is 2.24. The SMILES string of the molecule is Clc1cccc(Cn2c(C3CCCO3)nc3ccccc32)c1. The zero-order valence-corrected chi connectivity index (χ0v) is 13.0. The van der Waals surface area contributed by atoms with Gasteiger partial charge >= 0.3 is 0 Å². The van der Waals surface area contributed by atoms with Crippen molar-refractivity contribution in [1.82, 2.24) is 9.55 Å². The summed E-state index contributed by atoms with van der Waals surface area (Å²) in [6.45, 7) is 1.58. The summed E-state index contributed by atoms with van der Waals surface area (Å²) in [5, 5.41) is 0.764. The molecule has 4 rings (SSSR count). The Kier molecular flexibility index (Phi) is 3.60. The Morgan fingerprint density at radius 3 is 2.91 bits per heavy atom. The molecule has 2 heterocycles. The summed E-state index contributed by atoms with van der Waals surface area (Å²) >= 11 is 6.12. The number of halogens is 1. The molecule has 0 bridgehead atoms. The Labute approximate surface area is 134 Å². The van der Waals surface area contributed by atoms with Crippen molar-refractivity contribution in [2.75, 3.05) is 6.61 Å². The van der Waals surface area contributed by atoms with Crippen molar-refractivity contribution >= 4 is 22.6 Å². The largest absolute Gasteiger partial charge is 0.370 e. The minimum Gasteiger partial charge on any atom is -0.370 e. The fourth-order valence-electron chi connectivity index (χ4n) is 3.11. The Balaban J connectivity index is 1.81. The van der Waals surface area contributed by atoms with E-state index in [1.165, 1.54) is 5.56 Å². The van der Waals surface area contributed by atoms with Crippen molar-refractivity contribution in [2.24, 2.45) is 0 Å². The second kappa shape index (κ2) is 5.75. The second-order valence-electron chi connectivity index (χ2n) is 5.68. The lowest BCUT2D eigenvalue weighted by Crippen LogP contribution is -2.09. The quantitative estimate of drug-likeness (QED) is 0.707. The molecule has 22 heavy (non-hydrogen) atoms. The molecule has 3 aromatic rings. The summed E-state index contributed by atoms with van der Waals surface area (Å²) in [6.07, 6.45) is 2.25. The number of hydrogen-bond donors (Lipinski definition) is 0. The van der Waals surface area contributed by atoms with Crippen LogP contribution in [0.1, 0.15) is 30.3 Å². The Hall–Kier alpha value is -1.84. The van der Waals surface area contributed by atoms with E-state index in [0.717, 1.165) is 47.9 Å². The monoisotopic (exact) mass is 312 g/mol. The van der Waals surface area contributed by atoms with Crippen molar-refractivity contribution in [1.29, 1.82) is 0 Å². The molecule has 0 amide bonds. The van der Waals surface area contributed by atoms with Crippen LogP contribution in [0.25, 0.3) is 11.0 Å². The van der Waals surface area contributed by atoms with Crippen LogP contribution in [0, 0.1) is 0 Å². The Morgan fingerprint density at radius 1 is 1.18 bits per heavy atom. The minimum absolute atomic E-state index is 0.103. The normalized spacial score (nSPS) is 18.1. The van der Waals surface area contributed by atoms with E-state index < -0.39 is 0 Å². The third kappa shape index (κ3) is 2.51. The zero-order valence-electron chi connectivity index (χ0n) is 12.2. The number of ether oxygens (including phenoxy) is 1. The fourth-order valence-corrected chi connectivity index (χ4v) is 3.32. The van der Waals surface area contributed by atoms with E-state index in [9.17, 15) is 0 Å². The second-order valence-corrected chi connectivity index (χ2v) is 6.11. The lowest BCUT2D eigenvalue weighted by molar-refractivity contribution is 0.103. The summed E-state index contributed by atoms with van der Waals surface area (Å²) in [6, 6.07) is 16.2. The minimum atomic E-state index is 0.103. The Morgan fingerprint density at radius 2 is 2.09 bits per heavy atom.